The van der Waals surface area contributed by atoms with Crippen LogP contribution in [-0.4, -0.2) is 50.4 Å². The zero-order chi connectivity index (χ0) is 22.0. The molecule has 0 saturated carbocycles. The number of halogens is 3. The number of nitrogens with one attached hydrogen (secondary N) is 2. The van der Waals surface area contributed by atoms with E-state index in [9.17, 15) is 26.4 Å². The van der Waals surface area contributed by atoms with E-state index in [-0.39, 0.29) is 31.3 Å². The van der Waals surface area contributed by atoms with Gasteiger partial charge in [-0.3, -0.25) is 4.90 Å². The molecule has 0 spiro atoms. The number of carbonyl (C=O) groups excluding carboxylic acids is 1. The van der Waals surface area contributed by atoms with Crippen molar-refractivity contribution >= 4 is 21.7 Å². The van der Waals surface area contributed by atoms with Gasteiger partial charge in [0.25, 0.3) is 0 Å². The maximum Gasteiger partial charge on any atom is 0.401 e. The van der Waals surface area contributed by atoms with Gasteiger partial charge in [0.1, 0.15) is 0 Å². The quantitative estimate of drug-likeness (QED) is 0.708. The Balaban J connectivity index is 2.11. The fourth-order valence-electron chi connectivity index (χ4n) is 3.49. The molecule has 1 atom stereocenters. The number of anilines is 1. The van der Waals surface area contributed by atoms with Crippen molar-refractivity contribution in [2.45, 2.75) is 57.4 Å². The summed E-state index contributed by atoms with van der Waals surface area (Å²) in [6.45, 7) is 6.45. The van der Waals surface area contributed by atoms with Crippen molar-refractivity contribution in [3.8, 4) is 0 Å². The first-order valence-electron chi connectivity index (χ1n) is 9.54. The monoisotopic (exact) mass is 435 g/mol. The number of alkyl halides is 3. The Bertz CT molecular complexity index is 813. The van der Waals surface area contributed by atoms with Crippen molar-refractivity contribution in [3.05, 3.63) is 29.3 Å². The van der Waals surface area contributed by atoms with Crippen LogP contribution in [0.3, 0.4) is 0 Å². The minimum absolute atomic E-state index is 0.0143. The molecule has 0 aliphatic carbocycles. The highest BCUT2D eigenvalue weighted by molar-refractivity contribution is 7.90. The summed E-state index contributed by atoms with van der Waals surface area (Å²) in [5, 5.41) is 1.58. The zero-order valence-corrected chi connectivity index (χ0v) is 17.8. The third kappa shape index (κ3) is 6.33. The van der Waals surface area contributed by atoms with Gasteiger partial charge < -0.3 is 5.32 Å². The van der Waals surface area contributed by atoms with Gasteiger partial charge in [-0.05, 0) is 35.9 Å². The van der Waals surface area contributed by atoms with Crippen LogP contribution in [0, 0.1) is 0 Å². The highest BCUT2D eigenvalue weighted by Crippen LogP contribution is 2.32. The number of nitrogens with zero attached hydrogens (tertiary/aromatic N) is 1. The molecule has 1 aliphatic heterocycles. The Hall–Kier alpha value is -1.81. The zero-order valence-electron chi connectivity index (χ0n) is 17.0. The predicted molar refractivity (Wildman–Crippen MR) is 107 cm³/mol. The number of amides is 2. The van der Waals surface area contributed by atoms with Crippen molar-refractivity contribution in [2.75, 3.05) is 25.0 Å². The summed E-state index contributed by atoms with van der Waals surface area (Å²) in [5.74, 6) is 0.206. The summed E-state index contributed by atoms with van der Waals surface area (Å²) in [6.07, 6.45) is -4.35. The van der Waals surface area contributed by atoms with E-state index in [1.165, 1.54) is 0 Å². The average Bonchev–Trinajstić information content (AvgIpc) is 3.01. The first kappa shape index (κ1) is 23.5. The predicted octanol–water partition coefficient (Wildman–Crippen LogP) is 4.02. The summed E-state index contributed by atoms with van der Waals surface area (Å²) < 4.78 is 64.5. The number of hydrogen-bond acceptors (Lipinski definition) is 4. The lowest BCUT2D eigenvalue weighted by Crippen LogP contribution is -2.42. The number of hydrogen-bond donors (Lipinski definition) is 2. The van der Waals surface area contributed by atoms with E-state index < -0.39 is 34.0 Å². The Morgan fingerprint density at radius 1 is 1.17 bits per heavy atom. The number of para-hydroxylation sites is 1. The highest BCUT2D eigenvalue weighted by Gasteiger charge is 2.39. The molecular weight excluding hydrogens is 407 g/mol. The molecule has 0 radical (unpaired) electrons. The van der Waals surface area contributed by atoms with Crippen molar-refractivity contribution in [2.24, 2.45) is 0 Å². The van der Waals surface area contributed by atoms with E-state index in [0.29, 0.717) is 5.69 Å². The standard InChI is InChI=1S/C19H28F3N3O3S/c1-12(2)15-6-5-7-16(13(3)4)17(15)23-18(26)24-29(27,28)14-8-9-25(10-14)11-19(20,21)22/h5-7,12-14H,8-11H2,1-4H3,(H2,23,24,26). The van der Waals surface area contributed by atoms with E-state index >= 15 is 0 Å². The highest BCUT2D eigenvalue weighted by atomic mass is 32.2. The Morgan fingerprint density at radius 3 is 2.21 bits per heavy atom. The molecule has 2 amide bonds. The van der Waals surface area contributed by atoms with Crippen molar-refractivity contribution in [1.82, 2.24) is 9.62 Å². The van der Waals surface area contributed by atoms with E-state index in [2.05, 4.69) is 5.32 Å². The van der Waals surface area contributed by atoms with Crippen LogP contribution in [0.2, 0.25) is 0 Å². The van der Waals surface area contributed by atoms with E-state index in [1.807, 2.05) is 50.6 Å². The van der Waals surface area contributed by atoms with Crippen LogP contribution in [0.25, 0.3) is 0 Å². The molecule has 164 valence electrons. The summed E-state index contributed by atoms with van der Waals surface area (Å²) in [5.41, 5.74) is 2.32. The van der Waals surface area contributed by atoms with E-state index in [0.717, 1.165) is 16.0 Å². The molecule has 29 heavy (non-hydrogen) atoms. The molecule has 0 bridgehead atoms. The molecule has 2 N–H and O–H groups in total. The fraction of sp³-hybridized carbons (Fsp3) is 0.632. The number of rotatable bonds is 6. The van der Waals surface area contributed by atoms with Crippen LogP contribution >= 0.6 is 0 Å². The lowest BCUT2D eigenvalue weighted by Gasteiger charge is -2.21. The van der Waals surface area contributed by atoms with Gasteiger partial charge in [0, 0.05) is 12.2 Å². The minimum atomic E-state index is -4.39. The molecule has 1 saturated heterocycles. The van der Waals surface area contributed by atoms with E-state index in [4.69, 9.17) is 0 Å². The van der Waals surface area contributed by atoms with Crippen LogP contribution < -0.4 is 10.0 Å². The second kappa shape index (κ2) is 8.91. The summed E-state index contributed by atoms with van der Waals surface area (Å²) in [7, 11) is -4.11. The largest absolute Gasteiger partial charge is 0.401 e. The van der Waals surface area contributed by atoms with Crippen molar-refractivity contribution in [1.29, 1.82) is 0 Å². The molecule has 1 aromatic carbocycles. The first-order chi connectivity index (χ1) is 13.3. The molecule has 10 heteroatoms. The summed E-state index contributed by atoms with van der Waals surface area (Å²) in [6, 6.07) is 4.71. The smallest absolute Gasteiger partial charge is 0.307 e. The molecule has 1 aromatic rings. The van der Waals surface area contributed by atoms with Gasteiger partial charge in [-0.2, -0.15) is 13.2 Å². The van der Waals surface area contributed by atoms with Crippen LogP contribution in [-0.2, 0) is 10.0 Å². The topological polar surface area (TPSA) is 78.5 Å². The van der Waals surface area contributed by atoms with E-state index in [1.54, 1.807) is 0 Å². The lowest BCUT2D eigenvalue weighted by molar-refractivity contribution is -0.143. The van der Waals surface area contributed by atoms with Crippen LogP contribution in [0.1, 0.15) is 57.1 Å². The van der Waals surface area contributed by atoms with Gasteiger partial charge in [-0.1, -0.05) is 45.9 Å². The number of carbonyl (C=O) groups is 1. The summed E-state index contributed by atoms with van der Waals surface area (Å²) >= 11 is 0. The van der Waals surface area contributed by atoms with Gasteiger partial charge in [0.05, 0.1) is 11.8 Å². The second-order valence-corrected chi connectivity index (χ2v) is 9.94. The summed E-state index contributed by atoms with van der Waals surface area (Å²) in [4.78, 5) is 13.5. The van der Waals surface area contributed by atoms with Crippen LogP contribution in [0.4, 0.5) is 23.7 Å². The third-order valence-corrected chi connectivity index (χ3v) is 6.65. The van der Waals surface area contributed by atoms with Crippen molar-refractivity contribution in [3.63, 3.8) is 0 Å². The molecular formula is C19H28F3N3O3S. The SMILES string of the molecule is CC(C)c1cccc(C(C)C)c1NC(=O)NS(=O)(=O)C1CCN(CC(F)(F)F)C1. The second-order valence-electron chi connectivity index (χ2n) is 7.98. The lowest BCUT2D eigenvalue weighted by atomic mass is 9.93. The molecule has 1 aliphatic rings. The van der Waals surface area contributed by atoms with Gasteiger partial charge in [-0.25, -0.2) is 17.9 Å². The maximum atomic E-state index is 12.5. The van der Waals surface area contributed by atoms with Gasteiger partial charge in [0.2, 0.25) is 10.0 Å². The van der Waals surface area contributed by atoms with Crippen molar-refractivity contribution < 1.29 is 26.4 Å². The Labute approximate surface area is 169 Å². The third-order valence-electron chi connectivity index (χ3n) is 4.92. The van der Waals surface area contributed by atoms with Crippen LogP contribution in [0.5, 0.6) is 0 Å². The molecule has 0 aromatic heterocycles. The number of benzene rings is 1. The molecule has 1 unspecified atom stereocenters. The van der Waals surface area contributed by atoms with Gasteiger partial charge in [-0.15, -0.1) is 0 Å². The number of urea groups is 1. The van der Waals surface area contributed by atoms with Crippen LogP contribution in [0.15, 0.2) is 18.2 Å². The maximum absolute atomic E-state index is 12.5. The molecule has 1 heterocycles. The number of sulfonamides is 1. The first-order valence-corrected chi connectivity index (χ1v) is 11.1. The minimum Gasteiger partial charge on any atom is -0.307 e. The fourth-order valence-corrected chi connectivity index (χ4v) is 4.79. The van der Waals surface area contributed by atoms with Gasteiger partial charge in [0.15, 0.2) is 0 Å². The van der Waals surface area contributed by atoms with Gasteiger partial charge >= 0.3 is 12.2 Å². The Morgan fingerprint density at radius 2 is 1.72 bits per heavy atom. The normalized spacial score (nSPS) is 18.4. The molecule has 2 rings (SSSR count). The molecule has 6 nitrogen and oxygen atoms in total. The molecule has 1 fully saturated rings. The average molecular weight is 436 g/mol. The number of likely N-dealkylation sites (tertiary alicyclic amines) is 1. The Kier molecular flexibility index (Phi) is 7.21.